The zero-order valence-corrected chi connectivity index (χ0v) is 21.2. The molecular weight excluding hydrogens is 470 g/mol. The van der Waals surface area contributed by atoms with Crippen LogP contribution in [0.5, 0.6) is 5.75 Å². The second-order valence-electron chi connectivity index (χ2n) is 7.93. The number of benzene rings is 1. The summed E-state index contributed by atoms with van der Waals surface area (Å²) in [5.74, 6) is -0.152. The average Bonchev–Trinajstić information content (AvgIpc) is 3.43. The van der Waals surface area contributed by atoms with E-state index in [0.29, 0.717) is 23.0 Å². The van der Waals surface area contributed by atoms with Crippen molar-refractivity contribution in [2.24, 2.45) is 0 Å². The summed E-state index contributed by atoms with van der Waals surface area (Å²) >= 11 is 0.955. The lowest BCUT2D eigenvalue weighted by molar-refractivity contribution is 0.0527. The van der Waals surface area contributed by atoms with E-state index in [9.17, 15) is 14.4 Å². The molecule has 0 unspecified atom stereocenters. The minimum absolute atomic E-state index is 0.0392. The van der Waals surface area contributed by atoms with E-state index >= 15 is 0 Å². The maximum atomic E-state index is 12.8. The quantitative estimate of drug-likeness (QED) is 0.343. The van der Waals surface area contributed by atoms with Crippen molar-refractivity contribution in [3.63, 3.8) is 0 Å². The standard InChI is InChI=1S/C26H29NO7S/c1-6-31-25(29)21-16(5)22(26(30)32-7-2)35-24(21)27-23(28)20-13-12-19(34-20)14-33-18-10-8-17(9-11-18)15(3)4/h8-13,15H,6-7,14H2,1-5H3,(H,27,28). The molecule has 0 saturated heterocycles. The van der Waals surface area contributed by atoms with Gasteiger partial charge in [-0.25, -0.2) is 9.59 Å². The van der Waals surface area contributed by atoms with Crippen LogP contribution in [0.4, 0.5) is 5.00 Å². The Morgan fingerprint density at radius 2 is 1.63 bits per heavy atom. The summed E-state index contributed by atoms with van der Waals surface area (Å²) in [5, 5.41) is 2.85. The number of amides is 1. The number of carbonyl (C=O) groups is 3. The largest absolute Gasteiger partial charge is 0.486 e. The number of hydrogen-bond acceptors (Lipinski definition) is 8. The van der Waals surface area contributed by atoms with E-state index in [4.69, 9.17) is 18.6 Å². The van der Waals surface area contributed by atoms with Crippen molar-refractivity contribution in [2.75, 3.05) is 18.5 Å². The number of thiophene rings is 1. The minimum Gasteiger partial charge on any atom is -0.486 e. The molecule has 0 fully saturated rings. The molecule has 0 bridgehead atoms. The van der Waals surface area contributed by atoms with Gasteiger partial charge in [0, 0.05) is 0 Å². The van der Waals surface area contributed by atoms with Gasteiger partial charge in [-0.3, -0.25) is 4.79 Å². The molecule has 0 aliphatic heterocycles. The van der Waals surface area contributed by atoms with Gasteiger partial charge in [0.15, 0.2) is 5.76 Å². The second-order valence-corrected chi connectivity index (χ2v) is 8.95. The Morgan fingerprint density at radius 1 is 0.971 bits per heavy atom. The van der Waals surface area contributed by atoms with Crippen LogP contribution in [0.25, 0.3) is 0 Å². The first-order valence-corrected chi connectivity index (χ1v) is 12.2. The highest BCUT2D eigenvalue weighted by molar-refractivity contribution is 7.18. The lowest BCUT2D eigenvalue weighted by atomic mass is 10.0. The Balaban J connectivity index is 1.73. The maximum absolute atomic E-state index is 12.8. The van der Waals surface area contributed by atoms with Crippen LogP contribution in [0.1, 0.15) is 81.1 Å². The van der Waals surface area contributed by atoms with Crippen LogP contribution in [0.15, 0.2) is 40.8 Å². The van der Waals surface area contributed by atoms with Gasteiger partial charge in [-0.15, -0.1) is 11.3 Å². The van der Waals surface area contributed by atoms with Crippen LogP contribution < -0.4 is 10.1 Å². The first kappa shape index (κ1) is 26.0. The van der Waals surface area contributed by atoms with Crippen molar-refractivity contribution >= 4 is 34.2 Å². The lowest BCUT2D eigenvalue weighted by Crippen LogP contribution is -2.14. The third-order valence-electron chi connectivity index (χ3n) is 5.13. The molecule has 186 valence electrons. The van der Waals surface area contributed by atoms with Crippen LogP contribution >= 0.6 is 11.3 Å². The first-order chi connectivity index (χ1) is 16.7. The molecule has 0 aliphatic carbocycles. The zero-order chi connectivity index (χ0) is 25.5. The monoisotopic (exact) mass is 499 g/mol. The van der Waals surface area contributed by atoms with Crippen molar-refractivity contribution < 1.29 is 33.0 Å². The minimum atomic E-state index is -0.635. The molecule has 3 aromatic rings. The predicted molar refractivity (Wildman–Crippen MR) is 132 cm³/mol. The number of anilines is 1. The summed E-state index contributed by atoms with van der Waals surface area (Å²) in [6, 6.07) is 11.0. The number of carbonyl (C=O) groups excluding carboxylic acids is 3. The average molecular weight is 500 g/mol. The topological polar surface area (TPSA) is 104 Å². The highest BCUT2D eigenvalue weighted by Crippen LogP contribution is 2.34. The van der Waals surface area contributed by atoms with Gasteiger partial charge in [0.2, 0.25) is 0 Å². The van der Waals surface area contributed by atoms with Gasteiger partial charge in [0.25, 0.3) is 5.91 Å². The highest BCUT2D eigenvalue weighted by Gasteiger charge is 2.28. The molecule has 0 spiro atoms. The summed E-state index contributed by atoms with van der Waals surface area (Å²) in [4.78, 5) is 37.9. The van der Waals surface area contributed by atoms with Crippen LogP contribution in [0.3, 0.4) is 0 Å². The molecule has 2 aromatic heterocycles. The number of esters is 2. The van der Waals surface area contributed by atoms with E-state index < -0.39 is 17.8 Å². The summed E-state index contributed by atoms with van der Waals surface area (Å²) < 4.78 is 21.6. The molecule has 8 nitrogen and oxygen atoms in total. The van der Waals surface area contributed by atoms with Crippen molar-refractivity contribution in [3.05, 3.63) is 69.5 Å². The number of rotatable bonds is 10. The van der Waals surface area contributed by atoms with Gasteiger partial charge in [-0.05, 0) is 62.1 Å². The number of hydrogen-bond donors (Lipinski definition) is 1. The third kappa shape index (κ3) is 6.30. The van der Waals surface area contributed by atoms with Crippen molar-refractivity contribution in [1.82, 2.24) is 0 Å². The fraction of sp³-hybridized carbons (Fsp3) is 0.346. The fourth-order valence-corrected chi connectivity index (χ4v) is 4.37. The van der Waals surface area contributed by atoms with Crippen molar-refractivity contribution in [3.8, 4) is 5.75 Å². The van der Waals surface area contributed by atoms with Crippen LogP contribution in [0, 0.1) is 6.92 Å². The summed E-state index contributed by atoms with van der Waals surface area (Å²) in [6.45, 7) is 9.70. The predicted octanol–water partition coefficient (Wildman–Crippen LogP) is 5.96. The molecule has 9 heteroatoms. The zero-order valence-electron chi connectivity index (χ0n) is 20.4. The molecule has 35 heavy (non-hydrogen) atoms. The Bertz CT molecular complexity index is 1190. The summed E-state index contributed by atoms with van der Waals surface area (Å²) in [6.07, 6.45) is 0. The van der Waals surface area contributed by atoms with Gasteiger partial charge in [0.05, 0.1) is 18.8 Å². The number of furan rings is 1. The van der Waals surface area contributed by atoms with Crippen LogP contribution in [-0.4, -0.2) is 31.1 Å². The molecule has 0 atom stereocenters. The summed E-state index contributed by atoms with van der Waals surface area (Å²) in [7, 11) is 0. The molecule has 1 N–H and O–H groups in total. The van der Waals surface area contributed by atoms with Crippen molar-refractivity contribution in [1.29, 1.82) is 0 Å². The number of ether oxygens (including phenoxy) is 3. The first-order valence-electron chi connectivity index (χ1n) is 11.4. The highest BCUT2D eigenvalue weighted by atomic mass is 32.1. The molecule has 2 heterocycles. The lowest BCUT2D eigenvalue weighted by Gasteiger charge is -2.08. The van der Waals surface area contributed by atoms with Gasteiger partial charge in [0.1, 0.15) is 28.0 Å². The Morgan fingerprint density at radius 3 is 2.26 bits per heavy atom. The molecule has 3 rings (SSSR count). The molecule has 1 amide bonds. The Kier molecular flexibility index (Phi) is 8.70. The van der Waals surface area contributed by atoms with Gasteiger partial charge < -0.3 is 23.9 Å². The Hall–Kier alpha value is -3.59. The maximum Gasteiger partial charge on any atom is 0.348 e. The number of nitrogens with one attached hydrogen (secondary N) is 1. The molecule has 0 aliphatic rings. The second kappa shape index (κ2) is 11.7. The fourth-order valence-electron chi connectivity index (χ4n) is 3.29. The third-order valence-corrected chi connectivity index (χ3v) is 6.31. The van der Waals surface area contributed by atoms with E-state index in [1.165, 1.54) is 11.6 Å². The SMILES string of the molecule is CCOC(=O)c1sc(NC(=O)c2ccc(COc3ccc(C(C)C)cc3)o2)c(C(=O)OCC)c1C. The molecule has 1 aromatic carbocycles. The van der Waals surface area contributed by atoms with Crippen molar-refractivity contribution in [2.45, 2.75) is 47.1 Å². The normalized spacial score (nSPS) is 10.8. The van der Waals surface area contributed by atoms with E-state index in [1.54, 1.807) is 26.8 Å². The van der Waals surface area contributed by atoms with E-state index in [-0.39, 0.29) is 41.0 Å². The smallest absolute Gasteiger partial charge is 0.348 e. The van der Waals surface area contributed by atoms with Gasteiger partial charge in [-0.2, -0.15) is 0 Å². The molecule has 0 saturated carbocycles. The molecule has 0 radical (unpaired) electrons. The van der Waals surface area contributed by atoms with Crippen LogP contribution in [-0.2, 0) is 16.1 Å². The van der Waals surface area contributed by atoms with Crippen LogP contribution in [0.2, 0.25) is 0 Å². The van der Waals surface area contributed by atoms with Gasteiger partial charge >= 0.3 is 11.9 Å². The van der Waals surface area contributed by atoms with E-state index in [0.717, 1.165) is 11.3 Å². The van der Waals surface area contributed by atoms with Gasteiger partial charge in [-0.1, -0.05) is 26.0 Å². The Labute approximate surface area is 208 Å². The molecular formula is C26H29NO7S. The van der Waals surface area contributed by atoms with E-state index in [1.807, 2.05) is 24.3 Å². The van der Waals surface area contributed by atoms with E-state index in [2.05, 4.69) is 19.2 Å². The summed E-state index contributed by atoms with van der Waals surface area (Å²) in [5.41, 5.74) is 1.72.